The van der Waals surface area contributed by atoms with Crippen LogP contribution in [0.25, 0.3) is 76.1 Å². The summed E-state index contributed by atoms with van der Waals surface area (Å²) >= 11 is 1.85. The standard InChI is InChI=1S/C43H26N2OS/c1-3-12-27(13-4-1)29-16-9-17-30(26-29)45(37-22-11-19-32-31-18-7-8-23-38(31)47-42(32)37)36-25-24-35-39-33(36)20-10-21-34(39)40-41(35)46-43(44-40)28-14-5-2-6-15-28/h1-26H. The van der Waals surface area contributed by atoms with Crippen LogP contribution < -0.4 is 4.90 Å². The van der Waals surface area contributed by atoms with Gasteiger partial charge < -0.3 is 9.32 Å². The molecule has 1 aliphatic rings. The van der Waals surface area contributed by atoms with Crippen molar-refractivity contribution in [1.82, 2.24) is 4.98 Å². The van der Waals surface area contributed by atoms with E-state index in [4.69, 9.17) is 9.40 Å². The number of benzene rings is 7. The molecule has 47 heavy (non-hydrogen) atoms. The summed E-state index contributed by atoms with van der Waals surface area (Å²) in [5.74, 6) is 1.49. The smallest absolute Gasteiger partial charge is 0.227 e. The molecule has 0 aliphatic heterocycles. The van der Waals surface area contributed by atoms with Gasteiger partial charge >= 0.3 is 0 Å². The van der Waals surface area contributed by atoms with Gasteiger partial charge in [0, 0.05) is 48.6 Å². The lowest BCUT2D eigenvalue weighted by Crippen LogP contribution is -2.11. The number of rotatable bonds is 5. The molecule has 0 N–H and O–H groups in total. The Morgan fingerprint density at radius 2 is 1.21 bits per heavy atom. The van der Waals surface area contributed by atoms with Gasteiger partial charge in [0.25, 0.3) is 0 Å². The summed E-state index contributed by atoms with van der Waals surface area (Å²) < 4.78 is 9.04. The fourth-order valence-electron chi connectivity index (χ4n) is 7.13. The van der Waals surface area contributed by atoms with Crippen molar-refractivity contribution in [3.05, 3.63) is 158 Å². The highest BCUT2D eigenvalue weighted by atomic mass is 32.1. The van der Waals surface area contributed by atoms with Crippen molar-refractivity contribution in [3.63, 3.8) is 0 Å². The number of nitrogens with zero attached hydrogens (tertiary/aromatic N) is 2. The molecular formula is C43H26N2OS. The van der Waals surface area contributed by atoms with Crippen LogP contribution in [0.4, 0.5) is 17.1 Å². The monoisotopic (exact) mass is 618 g/mol. The minimum absolute atomic E-state index is 0.651. The van der Waals surface area contributed by atoms with Gasteiger partial charge in [-0.3, -0.25) is 0 Å². The molecule has 2 aromatic heterocycles. The van der Waals surface area contributed by atoms with Gasteiger partial charge in [0.15, 0.2) is 5.76 Å². The first-order valence-electron chi connectivity index (χ1n) is 15.8. The number of thiophene rings is 1. The zero-order valence-corrected chi connectivity index (χ0v) is 26.0. The molecule has 10 rings (SSSR count). The van der Waals surface area contributed by atoms with E-state index in [1.54, 1.807) is 0 Å². The number of hydrogen-bond acceptors (Lipinski definition) is 4. The molecule has 4 heteroatoms. The van der Waals surface area contributed by atoms with E-state index in [0.717, 1.165) is 50.6 Å². The van der Waals surface area contributed by atoms with E-state index in [1.165, 1.54) is 36.7 Å². The van der Waals surface area contributed by atoms with Crippen LogP contribution in [0.2, 0.25) is 0 Å². The van der Waals surface area contributed by atoms with Crippen LogP contribution in [-0.2, 0) is 0 Å². The third-order valence-corrected chi connectivity index (χ3v) is 10.5. The lowest BCUT2D eigenvalue weighted by molar-refractivity contribution is 0.590. The first-order valence-corrected chi connectivity index (χ1v) is 16.6. The normalized spacial score (nSPS) is 11.8. The van der Waals surface area contributed by atoms with Gasteiger partial charge in [0.2, 0.25) is 5.89 Å². The number of anilines is 3. The minimum atomic E-state index is 0.651. The van der Waals surface area contributed by atoms with Crippen molar-refractivity contribution in [3.8, 4) is 45.2 Å². The van der Waals surface area contributed by atoms with E-state index in [9.17, 15) is 0 Å². The Hall–Kier alpha value is -5.97. The average molecular weight is 619 g/mol. The van der Waals surface area contributed by atoms with Crippen LogP contribution in [0.3, 0.4) is 0 Å². The van der Waals surface area contributed by atoms with E-state index in [-0.39, 0.29) is 0 Å². The van der Waals surface area contributed by atoms with Gasteiger partial charge in [0.05, 0.1) is 16.1 Å². The largest absolute Gasteiger partial charge is 0.435 e. The number of fused-ring (bicyclic) bond motifs is 6. The van der Waals surface area contributed by atoms with Crippen LogP contribution in [-0.4, -0.2) is 4.98 Å². The predicted octanol–water partition coefficient (Wildman–Crippen LogP) is 12.6. The Morgan fingerprint density at radius 3 is 2.09 bits per heavy atom. The van der Waals surface area contributed by atoms with Gasteiger partial charge in [-0.1, -0.05) is 109 Å². The molecule has 9 aromatic rings. The van der Waals surface area contributed by atoms with Crippen LogP contribution in [0.15, 0.2) is 162 Å². The summed E-state index contributed by atoms with van der Waals surface area (Å²) in [4.78, 5) is 7.46. The molecule has 0 radical (unpaired) electrons. The van der Waals surface area contributed by atoms with Crippen molar-refractivity contribution < 1.29 is 4.42 Å². The van der Waals surface area contributed by atoms with Gasteiger partial charge in [-0.2, -0.15) is 0 Å². The van der Waals surface area contributed by atoms with Crippen LogP contribution >= 0.6 is 11.3 Å². The van der Waals surface area contributed by atoms with E-state index < -0.39 is 0 Å². The summed E-state index contributed by atoms with van der Waals surface area (Å²) in [7, 11) is 0. The van der Waals surface area contributed by atoms with Crippen molar-refractivity contribution in [2.75, 3.05) is 4.90 Å². The molecule has 0 saturated carbocycles. The summed E-state index contributed by atoms with van der Waals surface area (Å²) in [6.07, 6.45) is 0. The van der Waals surface area contributed by atoms with E-state index in [2.05, 4.69) is 132 Å². The third-order valence-electron chi connectivity index (χ3n) is 9.24. The van der Waals surface area contributed by atoms with E-state index >= 15 is 0 Å². The number of hydrogen-bond donors (Lipinski definition) is 0. The predicted molar refractivity (Wildman–Crippen MR) is 197 cm³/mol. The van der Waals surface area contributed by atoms with Crippen LogP contribution in [0.5, 0.6) is 0 Å². The van der Waals surface area contributed by atoms with Gasteiger partial charge in [-0.15, -0.1) is 11.3 Å². The zero-order chi connectivity index (χ0) is 30.9. The molecule has 0 fully saturated rings. The van der Waals surface area contributed by atoms with Crippen LogP contribution in [0, 0.1) is 0 Å². The van der Waals surface area contributed by atoms with E-state index in [0.29, 0.717) is 5.89 Å². The second kappa shape index (κ2) is 10.3. The average Bonchev–Trinajstić information content (AvgIpc) is 3.83. The quantitative estimate of drug-likeness (QED) is 0.192. The molecule has 0 unspecified atom stereocenters. The second-order valence-electron chi connectivity index (χ2n) is 11.9. The molecule has 3 nitrogen and oxygen atoms in total. The summed E-state index contributed by atoms with van der Waals surface area (Å²) in [6, 6.07) is 56.1. The fraction of sp³-hybridized carbons (Fsp3) is 0. The van der Waals surface area contributed by atoms with Crippen molar-refractivity contribution >= 4 is 59.3 Å². The van der Waals surface area contributed by atoms with Crippen molar-refractivity contribution in [2.24, 2.45) is 0 Å². The van der Waals surface area contributed by atoms with Gasteiger partial charge in [-0.25, -0.2) is 4.98 Å². The maximum atomic E-state index is 6.49. The maximum absolute atomic E-state index is 6.49. The number of aromatic nitrogens is 1. The molecular weight excluding hydrogens is 593 g/mol. The molecule has 0 saturated heterocycles. The zero-order valence-electron chi connectivity index (χ0n) is 25.2. The summed E-state index contributed by atoms with van der Waals surface area (Å²) in [6.45, 7) is 0. The first kappa shape index (κ1) is 26.3. The first-order chi connectivity index (χ1) is 23.3. The SMILES string of the molecule is c1ccc(-c2cccc(N(c3ccc4c5c(cccc35)-c3nc(-c5ccccc5)oc3-4)c3cccc4c3sc3ccccc34)c2)cc1. The Labute approximate surface area is 275 Å². The Bertz CT molecular complexity index is 2610. The Kier molecular flexibility index (Phi) is 5.74. The Balaban J connectivity index is 1.22. The Morgan fingerprint density at radius 1 is 0.511 bits per heavy atom. The topological polar surface area (TPSA) is 29.3 Å². The highest BCUT2D eigenvalue weighted by molar-refractivity contribution is 7.26. The molecule has 2 heterocycles. The highest BCUT2D eigenvalue weighted by Gasteiger charge is 2.30. The van der Waals surface area contributed by atoms with Crippen molar-refractivity contribution in [1.29, 1.82) is 0 Å². The van der Waals surface area contributed by atoms with Crippen LogP contribution in [0.1, 0.15) is 0 Å². The lowest BCUT2D eigenvalue weighted by atomic mass is 10.00. The number of oxazole rings is 1. The highest BCUT2D eigenvalue weighted by Crippen LogP contribution is 2.53. The molecule has 220 valence electrons. The van der Waals surface area contributed by atoms with Gasteiger partial charge in [-0.05, 0) is 59.7 Å². The summed E-state index contributed by atoms with van der Waals surface area (Å²) in [5.41, 5.74) is 9.84. The van der Waals surface area contributed by atoms with Gasteiger partial charge in [0.1, 0.15) is 5.69 Å². The fourth-order valence-corrected chi connectivity index (χ4v) is 8.34. The van der Waals surface area contributed by atoms with Crippen molar-refractivity contribution in [2.45, 2.75) is 0 Å². The third kappa shape index (κ3) is 4.02. The maximum Gasteiger partial charge on any atom is 0.227 e. The molecule has 0 amide bonds. The molecule has 1 aliphatic carbocycles. The molecule has 0 spiro atoms. The minimum Gasteiger partial charge on any atom is -0.435 e. The molecule has 0 atom stereocenters. The van der Waals surface area contributed by atoms with E-state index in [1.807, 2.05) is 41.7 Å². The lowest BCUT2D eigenvalue weighted by Gasteiger charge is -2.28. The second-order valence-corrected chi connectivity index (χ2v) is 13.0. The molecule has 0 bridgehead atoms. The summed E-state index contributed by atoms with van der Waals surface area (Å²) in [5, 5.41) is 4.91. The molecule has 7 aromatic carbocycles.